The minimum atomic E-state index is 0.591. The fourth-order valence-electron chi connectivity index (χ4n) is 11.2. The zero-order valence-corrected chi connectivity index (χ0v) is 40.5. The SMILES string of the molecule is c1ccc(-c2ccc(-n3c4ccccc4c4ccc5c6ccc7c8ccccc8n(-c8ccc(-c9nc(-c%10cccc(-c%11ccccc%11)c%10)nc(-c%10cccc(-c%11ccccc%11)c%10)n9)cc8)c7c6oc5c43)cc2)cc1. The number of para-hydroxylation sites is 2. The van der Waals surface area contributed by atoms with Gasteiger partial charge >= 0.3 is 0 Å². The van der Waals surface area contributed by atoms with Gasteiger partial charge in [-0.3, -0.25) is 0 Å². The molecule has 0 N–H and O–H groups in total. The molecule has 0 aliphatic carbocycles. The standard InChI is InChI=1S/C69H43N5O/c1-4-16-44(17-5-1)47-30-34-53(35-31-47)73-61-28-12-10-26-55(61)57-38-40-59-60-41-39-58-56-27-11-13-29-62(56)74(64(58)66(60)75-65(59)63(57)73)54-36-32-48(33-37-54)67-70-68(51-24-14-22-49(42-51)45-18-6-2-7-19-45)72-69(71-67)52-25-15-23-50(43-52)46-20-8-3-9-21-46/h1-43H. The van der Waals surface area contributed by atoms with E-state index < -0.39 is 0 Å². The predicted octanol–water partition coefficient (Wildman–Crippen LogP) is 18.0. The maximum absolute atomic E-state index is 7.36. The molecule has 0 unspecified atom stereocenters. The Morgan fingerprint density at radius 1 is 0.240 bits per heavy atom. The second-order valence-electron chi connectivity index (χ2n) is 19.1. The Hall–Kier alpha value is -10.2. The van der Waals surface area contributed by atoms with Gasteiger partial charge in [-0.1, -0.05) is 188 Å². The van der Waals surface area contributed by atoms with Crippen molar-refractivity contribution in [2.45, 2.75) is 0 Å². The Morgan fingerprint density at radius 2 is 0.573 bits per heavy atom. The molecule has 6 heteroatoms. The molecule has 4 heterocycles. The second kappa shape index (κ2) is 17.3. The van der Waals surface area contributed by atoms with Crippen molar-refractivity contribution in [3.05, 3.63) is 261 Å². The molecule has 0 fully saturated rings. The zero-order chi connectivity index (χ0) is 49.4. The van der Waals surface area contributed by atoms with Crippen molar-refractivity contribution in [3.63, 3.8) is 0 Å². The molecular formula is C69H43N5O. The summed E-state index contributed by atoms with van der Waals surface area (Å²) in [7, 11) is 0. The van der Waals surface area contributed by atoms with Crippen LogP contribution in [0.5, 0.6) is 0 Å². The number of benzene rings is 11. The molecule has 0 radical (unpaired) electrons. The molecule has 0 amide bonds. The van der Waals surface area contributed by atoms with Gasteiger partial charge in [0, 0.05) is 60.4 Å². The van der Waals surface area contributed by atoms with Gasteiger partial charge in [-0.25, -0.2) is 15.0 Å². The largest absolute Gasteiger partial charge is 0.452 e. The number of hydrogen-bond donors (Lipinski definition) is 0. The van der Waals surface area contributed by atoms with Crippen LogP contribution in [0.4, 0.5) is 0 Å². The van der Waals surface area contributed by atoms with Crippen molar-refractivity contribution in [2.24, 2.45) is 0 Å². The Balaban J connectivity index is 0.893. The van der Waals surface area contributed by atoms with Crippen LogP contribution in [-0.4, -0.2) is 24.1 Å². The molecule has 15 rings (SSSR count). The van der Waals surface area contributed by atoms with Gasteiger partial charge < -0.3 is 13.6 Å². The van der Waals surface area contributed by atoms with Crippen molar-refractivity contribution in [3.8, 4) is 78.9 Å². The summed E-state index contributed by atoms with van der Waals surface area (Å²) in [5.74, 6) is 1.80. The predicted molar refractivity (Wildman–Crippen MR) is 308 cm³/mol. The molecule has 350 valence electrons. The van der Waals surface area contributed by atoms with Gasteiger partial charge in [0.15, 0.2) is 28.6 Å². The smallest absolute Gasteiger partial charge is 0.164 e. The van der Waals surface area contributed by atoms with E-state index in [9.17, 15) is 0 Å². The van der Waals surface area contributed by atoms with Gasteiger partial charge in [-0.15, -0.1) is 0 Å². The highest BCUT2D eigenvalue weighted by molar-refractivity contribution is 6.26. The highest BCUT2D eigenvalue weighted by Crippen LogP contribution is 2.45. The van der Waals surface area contributed by atoms with Gasteiger partial charge in [-0.05, 0) is 106 Å². The van der Waals surface area contributed by atoms with E-state index in [0.717, 1.165) is 110 Å². The third-order valence-electron chi connectivity index (χ3n) is 14.8. The van der Waals surface area contributed by atoms with Crippen molar-refractivity contribution in [1.82, 2.24) is 24.1 Å². The van der Waals surface area contributed by atoms with E-state index >= 15 is 0 Å². The van der Waals surface area contributed by atoms with E-state index in [4.69, 9.17) is 19.4 Å². The molecule has 0 aliphatic rings. The molecule has 6 nitrogen and oxygen atoms in total. The summed E-state index contributed by atoms with van der Waals surface area (Å²) in [5.41, 5.74) is 17.6. The first kappa shape index (κ1) is 42.5. The summed E-state index contributed by atoms with van der Waals surface area (Å²) in [5, 5.41) is 6.74. The minimum absolute atomic E-state index is 0.591. The molecule has 0 saturated carbocycles. The van der Waals surface area contributed by atoms with E-state index in [-0.39, 0.29) is 0 Å². The summed E-state index contributed by atoms with van der Waals surface area (Å²) in [4.78, 5) is 15.6. The highest BCUT2D eigenvalue weighted by atomic mass is 16.3. The first-order valence-electron chi connectivity index (χ1n) is 25.3. The van der Waals surface area contributed by atoms with Crippen LogP contribution in [-0.2, 0) is 0 Å². The summed E-state index contributed by atoms with van der Waals surface area (Å²) >= 11 is 0. The van der Waals surface area contributed by atoms with Gasteiger partial charge in [-0.2, -0.15) is 0 Å². The number of aromatic nitrogens is 5. The van der Waals surface area contributed by atoms with E-state index in [2.05, 4.69) is 258 Å². The molecular weight excluding hydrogens is 915 g/mol. The zero-order valence-electron chi connectivity index (χ0n) is 40.5. The Labute approximate surface area is 431 Å². The van der Waals surface area contributed by atoms with Crippen LogP contribution in [0.15, 0.2) is 265 Å². The lowest BCUT2D eigenvalue weighted by atomic mass is 10.0. The molecule has 11 aromatic carbocycles. The second-order valence-corrected chi connectivity index (χ2v) is 19.1. The van der Waals surface area contributed by atoms with Crippen LogP contribution in [0, 0.1) is 0 Å². The van der Waals surface area contributed by atoms with Crippen LogP contribution >= 0.6 is 0 Å². The maximum Gasteiger partial charge on any atom is 0.164 e. The quantitative estimate of drug-likeness (QED) is 0.152. The minimum Gasteiger partial charge on any atom is -0.452 e. The highest BCUT2D eigenvalue weighted by Gasteiger charge is 2.24. The molecule has 0 bridgehead atoms. The molecule has 75 heavy (non-hydrogen) atoms. The van der Waals surface area contributed by atoms with E-state index in [1.54, 1.807) is 0 Å². The molecule has 15 aromatic rings. The number of fused-ring (bicyclic) bond motifs is 11. The van der Waals surface area contributed by atoms with Crippen molar-refractivity contribution < 1.29 is 4.42 Å². The lowest BCUT2D eigenvalue weighted by molar-refractivity contribution is 0.673. The van der Waals surface area contributed by atoms with E-state index in [0.29, 0.717) is 17.5 Å². The maximum atomic E-state index is 7.36. The first-order valence-corrected chi connectivity index (χ1v) is 25.3. The fourth-order valence-corrected chi connectivity index (χ4v) is 11.2. The van der Waals surface area contributed by atoms with E-state index in [1.807, 2.05) is 12.1 Å². The Bertz CT molecular complexity index is 4570. The Kier molecular flexibility index (Phi) is 9.78. The van der Waals surface area contributed by atoms with Crippen LogP contribution in [0.2, 0.25) is 0 Å². The number of nitrogens with zero attached hydrogens (tertiary/aromatic N) is 5. The van der Waals surface area contributed by atoms with Gasteiger partial charge in [0.25, 0.3) is 0 Å². The molecule has 0 atom stereocenters. The van der Waals surface area contributed by atoms with Crippen molar-refractivity contribution >= 4 is 65.6 Å². The average molecular weight is 958 g/mol. The van der Waals surface area contributed by atoms with E-state index in [1.165, 1.54) is 16.5 Å². The lowest BCUT2D eigenvalue weighted by Gasteiger charge is -2.12. The van der Waals surface area contributed by atoms with Crippen LogP contribution < -0.4 is 0 Å². The van der Waals surface area contributed by atoms with Crippen LogP contribution in [0.25, 0.3) is 144 Å². The first-order chi connectivity index (χ1) is 37.2. The summed E-state index contributed by atoms with van der Waals surface area (Å²) in [6, 6.07) is 92.0. The summed E-state index contributed by atoms with van der Waals surface area (Å²) in [6.07, 6.45) is 0. The fraction of sp³-hybridized carbons (Fsp3) is 0. The molecule has 0 saturated heterocycles. The van der Waals surface area contributed by atoms with Crippen LogP contribution in [0.1, 0.15) is 0 Å². The van der Waals surface area contributed by atoms with Crippen LogP contribution in [0.3, 0.4) is 0 Å². The van der Waals surface area contributed by atoms with Crippen molar-refractivity contribution in [2.75, 3.05) is 0 Å². The normalized spacial score (nSPS) is 11.7. The number of hydrogen-bond acceptors (Lipinski definition) is 4. The number of rotatable bonds is 8. The molecule has 0 spiro atoms. The molecule has 4 aromatic heterocycles. The lowest BCUT2D eigenvalue weighted by Crippen LogP contribution is -2.01. The van der Waals surface area contributed by atoms with Gasteiger partial charge in [0.05, 0.1) is 22.1 Å². The third kappa shape index (κ3) is 7.07. The Morgan fingerprint density at radius 3 is 1.03 bits per heavy atom. The summed E-state index contributed by atoms with van der Waals surface area (Å²) < 4.78 is 12.1. The van der Waals surface area contributed by atoms with Gasteiger partial charge in [0.1, 0.15) is 0 Å². The number of furan rings is 1. The van der Waals surface area contributed by atoms with Crippen molar-refractivity contribution in [1.29, 1.82) is 0 Å². The average Bonchev–Trinajstić information content (AvgIpc) is 4.19. The summed E-state index contributed by atoms with van der Waals surface area (Å²) in [6.45, 7) is 0. The molecule has 0 aliphatic heterocycles. The monoisotopic (exact) mass is 957 g/mol. The topological polar surface area (TPSA) is 61.7 Å². The van der Waals surface area contributed by atoms with Gasteiger partial charge in [0.2, 0.25) is 0 Å². The third-order valence-corrected chi connectivity index (χ3v) is 14.8.